The molecule has 0 aliphatic carbocycles. The predicted octanol–water partition coefficient (Wildman–Crippen LogP) is 3.68. The molecule has 1 N–H and O–H groups in total. The summed E-state index contributed by atoms with van der Waals surface area (Å²) in [7, 11) is 0. The minimum absolute atomic E-state index is 0.752. The fourth-order valence-corrected chi connectivity index (χ4v) is 4.01. The molecule has 0 radical (unpaired) electrons. The quantitative estimate of drug-likeness (QED) is 0.607. The van der Waals surface area contributed by atoms with Crippen LogP contribution in [0.4, 0.5) is 5.82 Å². The molecule has 0 unspecified atom stereocenters. The lowest BCUT2D eigenvalue weighted by Gasteiger charge is -2.28. The van der Waals surface area contributed by atoms with E-state index in [1.807, 2.05) is 6.20 Å². The van der Waals surface area contributed by atoms with Gasteiger partial charge in [-0.1, -0.05) is 0 Å². The SMILES string of the molecule is c1cc2cc(-c3nc(N4CCOCC4)c4sccc4n3)ccc2[nH]1. The van der Waals surface area contributed by atoms with Gasteiger partial charge in [0.25, 0.3) is 0 Å². The first kappa shape index (κ1) is 13.9. The van der Waals surface area contributed by atoms with Gasteiger partial charge in [-0.15, -0.1) is 11.3 Å². The molecule has 0 saturated carbocycles. The second-order valence-electron chi connectivity index (χ2n) is 5.88. The van der Waals surface area contributed by atoms with Gasteiger partial charge in [-0.25, -0.2) is 9.97 Å². The number of H-pyrrole nitrogens is 1. The van der Waals surface area contributed by atoms with Gasteiger partial charge in [-0.3, -0.25) is 0 Å². The molecular weight excluding hydrogens is 320 g/mol. The Morgan fingerprint density at radius 2 is 2.00 bits per heavy atom. The molecule has 1 aliphatic heterocycles. The molecular formula is C18H16N4OS. The summed E-state index contributed by atoms with van der Waals surface area (Å²) >= 11 is 1.70. The van der Waals surface area contributed by atoms with Crippen molar-refractivity contribution in [1.82, 2.24) is 15.0 Å². The van der Waals surface area contributed by atoms with Crippen LogP contribution in [0.15, 0.2) is 41.9 Å². The molecule has 1 saturated heterocycles. The summed E-state index contributed by atoms with van der Waals surface area (Å²) in [6.45, 7) is 3.25. The number of benzene rings is 1. The third-order valence-corrected chi connectivity index (χ3v) is 5.31. The molecule has 5 rings (SSSR count). The van der Waals surface area contributed by atoms with E-state index >= 15 is 0 Å². The molecule has 120 valence electrons. The smallest absolute Gasteiger partial charge is 0.162 e. The second-order valence-corrected chi connectivity index (χ2v) is 6.80. The molecule has 0 amide bonds. The Morgan fingerprint density at radius 3 is 2.92 bits per heavy atom. The summed E-state index contributed by atoms with van der Waals surface area (Å²) in [5.74, 6) is 1.81. The standard InChI is InChI=1S/C18H16N4OS/c1-2-14-12(3-5-19-14)11-13(1)17-20-15-4-10-24-16(15)18(21-17)22-6-8-23-9-7-22/h1-5,10-11,19H,6-9H2. The van der Waals surface area contributed by atoms with Gasteiger partial charge in [0.05, 0.1) is 23.4 Å². The van der Waals surface area contributed by atoms with Crippen LogP contribution in [0, 0.1) is 0 Å². The van der Waals surface area contributed by atoms with Crippen LogP contribution >= 0.6 is 11.3 Å². The first-order valence-corrected chi connectivity index (χ1v) is 8.92. The number of anilines is 1. The largest absolute Gasteiger partial charge is 0.378 e. The molecule has 4 heterocycles. The van der Waals surface area contributed by atoms with E-state index < -0.39 is 0 Å². The van der Waals surface area contributed by atoms with E-state index in [0.29, 0.717) is 0 Å². The number of thiophene rings is 1. The number of aromatic nitrogens is 3. The first-order valence-electron chi connectivity index (χ1n) is 8.04. The van der Waals surface area contributed by atoms with Crippen LogP contribution in [-0.2, 0) is 4.74 Å². The molecule has 5 nitrogen and oxygen atoms in total. The Balaban J connectivity index is 1.67. The van der Waals surface area contributed by atoms with Gasteiger partial charge < -0.3 is 14.6 Å². The Bertz CT molecular complexity index is 1020. The van der Waals surface area contributed by atoms with Crippen LogP contribution in [0.2, 0.25) is 0 Å². The number of aromatic amines is 1. The summed E-state index contributed by atoms with van der Waals surface area (Å²) in [5.41, 5.74) is 3.19. The molecule has 1 aromatic carbocycles. The average Bonchev–Trinajstić information content (AvgIpc) is 3.29. The maximum atomic E-state index is 5.48. The van der Waals surface area contributed by atoms with E-state index in [1.165, 1.54) is 5.39 Å². The van der Waals surface area contributed by atoms with Crippen molar-refractivity contribution < 1.29 is 4.74 Å². The van der Waals surface area contributed by atoms with E-state index in [2.05, 4.69) is 45.6 Å². The second kappa shape index (κ2) is 5.58. The van der Waals surface area contributed by atoms with Crippen molar-refractivity contribution in [3.63, 3.8) is 0 Å². The molecule has 6 heteroatoms. The molecule has 1 aliphatic rings. The minimum atomic E-state index is 0.752. The highest BCUT2D eigenvalue weighted by molar-refractivity contribution is 7.17. The zero-order valence-electron chi connectivity index (χ0n) is 13.0. The number of rotatable bonds is 2. The van der Waals surface area contributed by atoms with Crippen LogP contribution < -0.4 is 4.90 Å². The van der Waals surface area contributed by atoms with Gasteiger partial charge in [0.1, 0.15) is 0 Å². The number of nitrogens with one attached hydrogen (secondary N) is 1. The lowest BCUT2D eigenvalue weighted by Crippen LogP contribution is -2.36. The third kappa shape index (κ3) is 2.26. The number of hydrogen-bond donors (Lipinski definition) is 1. The highest BCUT2D eigenvalue weighted by atomic mass is 32.1. The van der Waals surface area contributed by atoms with E-state index in [4.69, 9.17) is 14.7 Å². The van der Waals surface area contributed by atoms with Gasteiger partial charge >= 0.3 is 0 Å². The highest BCUT2D eigenvalue weighted by Gasteiger charge is 2.18. The molecule has 4 aromatic rings. The zero-order chi connectivity index (χ0) is 15.9. The fraction of sp³-hybridized carbons (Fsp3) is 0.222. The van der Waals surface area contributed by atoms with Gasteiger partial charge in [-0.05, 0) is 35.7 Å². The lowest BCUT2D eigenvalue weighted by atomic mass is 10.1. The highest BCUT2D eigenvalue weighted by Crippen LogP contribution is 2.32. The Labute approximate surface area is 142 Å². The molecule has 0 spiro atoms. The van der Waals surface area contributed by atoms with Crippen LogP contribution in [0.25, 0.3) is 32.5 Å². The van der Waals surface area contributed by atoms with E-state index in [-0.39, 0.29) is 0 Å². The Kier molecular flexibility index (Phi) is 3.24. The monoisotopic (exact) mass is 336 g/mol. The van der Waals surface area contributed by atoms with Crippen molar-refractivity contribution in [3.8, 4) is 11.4 Å². The summed E-state index contributed by atoms with van der Waals surface area (Å²) < 4.78 is 6.64. The summed E-state index contributed by atoms with van der Waals surface area (Å²) in [5, 5.41) is 3.26. The van der Waals surface area contributed by atoms with Crippen molar-refractivity contribution >= 4 is 38.3 Å². The molecule has 0 bridgehead atoms. The van der Waals surface area contributed by atoms with Gasteiger partial charge in [0.2, 0.25) is 0 Å². The van der Waals surface area contributed by atoms with Gasteiger partial charge in [0, 0.05) is 35.8 Å². The minimum Gasteiger partial charge on any atom is -0.378 e. The topological polar surface area (TPSA) is 54.0 Å². The molecule has 1 fully saturated rings. The molecule has 24 heavy (non-hydrogen) atoms. The number of morpholine rings is 1. The number of fused-ring (bicyclic) bond motifs is 2. The predicted molar refractivity (Wildman–Crippen MR) is 97.7 cm³/mol. The first-order chi connectivity index (χ1) is 11.9. The van der Waals surface area contributed by atoms with Crippen LogP contribution in [0.5, 0.6) is 0 Å². The maximum Gasteiger partial charge on any atom is 0.162 e. The third-order valence-electron chi connectivity index (χ3n) is 4.41. The number of ether oxygens (including phenoxy) is 1. The van der Waals surface area contributed by atoms with Crippen LogP contribution in [0.3, 0.4) is 0 Å². The van der Waals surface area contributed by atoms with Gasteiger partial charge in [0.15, 0.2) is 11.6 Å². The number of hydrogen-bond acceptors (Lipinski definition) is 5. The van der Waals surface area contributed by atoms with Crippen molar-refractivity contribution in [2.24, 2.45) is 0 Å². The fourth-order valence-electron chi connectivity index (χ4n) is 3.16. The molecule has 0 atom stereocenters. The summed E-state index contributed by atoms with van der Waals surface area (Å²) in [4.78, 5) is 15.2. The van der Waals surface area contributed by atoms with Crippen molar-refractivity contribution in [1.29, 1.82) is 0 Å². The Morgan fingerprint density at radius 1 is 1.08 bits per heavy atom. The maximum absolute atomic E-state index is 5.48. The summed E-state index contributed by atoms with van der Waals surface area (Å²) in [6, 6.07) is 10.5. The van der Waals surface area contributed by atoms with Crippen LogP contribution in [0.1, 0.15) is 0 Å². The van der Waals surface area contributed by atoms with Crippen molar-refractivity contribution in [2.45, 2.75) is 0 Å². The summed E-state index contributed by atoms with van der Waals surface area (Å²) in [6.07, 6.45) is 1.95. The van der Waals surface area contributed by atoms with Crippen molar-refractivity contribution in [2.75, 3.05) is 31.2 Å². The van der Waals surface area contributed by atoms with Crippen molar-refractivity contribution in [3.05, 3.63) is 41.9 Å². The molecule has 3 aromatic heterocycles. The normalized spacial score (nSPS) is 15.4. The van der Waals surface area contributed by atoms with E-state index in [9.17, 15) is 0 Å². The zero-order valence-corrected chi connectivity index (χ0v) is 13.8. The van der Waals surface area contributed by atoms with Gasteiger partial charge in [-0.2, -0.15) is 0 Å². The Hall–Kier alpha value is -2.44. The van der Waals surface area contributed by atoms with Crippen LogP contribution in [-0.4, -0.2) is 41.3 Å². The van der Waals surface area contributed by atoms with E-state index in [1.54, 1.807) is 11.3 Å². The lowest BCUT2D eigenvalue weighted by molar-refractivity contribution is 0.122. The average molecular weight is 336 g/mol. The number of nitrogens with zero attached hydrogens (tertiary/aromatic N) is 3. The van der Waals surface area contributed by atoms with E-state index in [0.717, 1.165) is 59.2 Å².